The number of aromatic nitrogens is 2. The summed E-state index contributed by atoms with van der Waals surface area (Å²) in [5.41, 5.74) is 2.60. The molecule has 3 rings (SSSR count). The molecule has 1 N–H and O–H groups in total. The number of hydrogen-bond acceptors (Lipinski definition) is 2. The molecule has 0 unspecified atom stereocenters. The van der Waals surface area contributed by atoms with E-state index in [9.17, 15) is 19.1 Å². The topological polar surface area (TPSA) is 64.2 Å². The van der Waals surface area contributed by atoms with Gasteiger partial charge >= 0.3 is 11.7 Å². The van der Waals surface area contributed by atoms with E-state index in [-0.39, 0.29) is 24.3 Å². The van der Waals surface area contributed by atoms with E-state index in [1.807, 2.05) is 24.3 Å². The van der Waals surface area contributed by atoms with Gasteiger partial charge in [0.25, 0.3) is 0 Å². The molecule has 5 nitrogen and oxygen atoms in total. The number of benzene rings is 2. The third kappa shape index (κ3) is 4.37. The Bertz CT molecular complexity index is 1090. The molecule has 6 heteroatoms. The molecule has 0 amide bonds. The molecule has 0 aliphatic carbocycles. The zero-order valence-electron chi connectivity index (χ0n) is 17.6. The highest BCUT2D eigenvalue weighted by molar-refractivity contribution is 5.95. The van der Waals surface area contributed by atoms with Gasteiger partial charge in [0.2, 0.25) is 5.95 Å². The number of carboxylic acid groups (broad SMARTS) is 1. The first-order chi connectivity index (χ1) is 14.3. The second kappa shape index (κ2) is 9.11. The average molecular weight is 410 g/mol. The summed E-state index contributed by atoms with van der Waals surface area (Å²) in [5, 5.41) is 9.40. The lowest BCUT2D eigenvalue weighted by molar-refractivity contribution is 0.0697. The van der Waals surface area contributed by atoms with Crippen LogP contribution in [0.15, 0.2) is 53.3 Å². The van der Waals surface area contributed by atoms with E-state index in [1.165, 1.54) is 9.13 Å². The Morgan fingerprint density at radius 3 is 2.33 bits per heavy atom. The van der Waals surface area contributed by atoms with Gasteiger partial charge in [0.1, 0.15) is 0 Å². The predicted octanol–water partition coefficient (Wildman–Crippen LogP) is 4.81. The highest BCUT2D eigenvalue weighted by Gasteiger charge is 2.19. The maximum atomic E-state index is 14.8. The summed E-state index contributed by atoms with van der Waals surface area (Å²) in [6.07, 6.45) is 1.31. The van der Waals surface area contributed by atoms with Crippen LogP contribution in [0.25, 0.3) is 11.1 Å². The van der Waals surface area contributed by atoms with Crippen molar-refractivity contribution in [3.63, 3.8) is 0 Å². The van der Waals surface area contributed by atoms with Gasteiger partial charge in [-0.25, -0.2) is 9.59 Å². The lowest BCUT2D eigenvalue weighted by atomic mass is 9.98. The Morgan fingerprint density at radius 2 is 1.73 bits per heavy atom. The van der Waals surface area contributed by atoms with Crippen molar-refractivity contribution in [3.05, 3.63) is 81.8 Å². The molecule has 30 heavy (non-hydrogen) atoms. The summed E-state index contributed by atoms with van der Waals surface area (Å²) < 4.78 is 17.5. The molecule has 3 aromatic rings. The summed E-state index contributed by atoms with van der Waals surface area (Å²) in [6.45, 7) is 6.47. The Morgan fingerprint density at radius 1 is 1.07 bits per heavy atom. The zero-order chi connectivity index (χ0) is 21.8. The van der Waals surface area contributed by atoms with Gasteiger partial charge in [-0.05, 0) is 48.4 Å². The van der Waals surface area contributed by atoms with Crippen molar-refractivity contribution in [2.75, 3.05) is 0 Å². The number of aromatic carboxylic acids is 1. The monoisotopic (exact) mass is 410 g/mol. The molecule has 0 saturated carbocycles. The van der Waals surface area contributed by atoms with Gasteiger partial charge < -0.3 is 5.11 Å². The molecule has 0 atom stereocenters. The highest BCUT2D eigenvalue weighted by Crippen LogP contribution is 2.24. The predicted molar refractivity (Wildman–Crippen MR) is 115 cm³/mol. The van der Waals surface area contributed by atoms with E-state index in [2.05, 4.69) is 13.8 Å². The van der Waals surface area contributed by atoms with E-state index < -0.39 is 11.9 Å². The van der Waals surface area contributed by atoms with Crippen molar-refractivity contribution in [1.82, 2.24) is 9.13 Å². The quantitative estimate of drug-likeness (QED) is 0.580. The average Bonchev–Trinajstić information content (AvgIpc) is 2.95. The fourth-order valence-electron chi connectivity index (χ4n) is 3.61. The molecular formula is C24H27FN2O3. The molecule has 1 heterocycles. The first-order valence-corrected chi connectivity index (χ1v) is 10.2. The maximum absolute atomic E-state index is 14.8. The van der Waals surface area contributed by atoms with Crippen LogP contribution in [0.4, 0.5) is 4.39 Å². The first-order valence-electron chi connectivity index (χ1n) is 10.2. The lowest BCUT2D eigenvalue weighted by Gasteiger charge is -2.10. The van der Waals surface area contributed by atoms with E-state index in [4.69, 9.17) is 0 Å². The Hall–Kier alpha value is -3.15. The number of nitrogens with zero attached hydrogens (tertiary/aromatic N) is 2. The highest BCUT2D eigenvalue weighted by atomic mass is 19.1. The second-order valence-electron chi connectivity index (χ2n) is 7.83. The lowest BCUT2D eigenvalue weighted by Crippen LogP contribution is -2.25. The van der Waals surface area contributed by atoms with Crippen LogP contribution < -0.4 is 5.69 Å². The fourth-order valence-corrected chi connectivity index (χ4v) is 3.61. The van der Waals surface area contributed by atoms with Gasteiger partial charge in [-0.15, -0.1) is 0 Å². The van der Waals surface area contributed by atoms with Gasteiger partial charge in [-0.1, -0.05) is 56.3 Å². The van der Waals surface area contributed by atoms with E-state index >= 15 is 0 Å². The van der Waals surface area contributed by atoms with Gasteiger partial charge in [0.15, 0.2) is 0 Å². The standard InChI is InChI=1S/C24H27FN2O3/c1-4-26-22(25)21(14-9-16(2)3)27(24(26)30)15-17-10-12-18(13-11-17)19-7-5-6-8-20(19)23(28)29/h5-8,10-13,16H,4,9,14-15H2,1-3H3,(H,28,29). The molecule has 1 aromatic heterocycles. The molecule has 0 fully saturated rings. The minimum Gasteiger partial charge on any atom is -0.478 e. The number of carbonyl (C=O) groups is 1. The van der Waals surface area contributed by atoms with Crippen LogP contribution >= 0.6 is 0 Å². The van der Waals surface area contributed by atoms with Crippen LogP contribution in [0.2, 0.25) is 0 Å². The molecule has 2 aromatic carbocycles. The minimum absolute atomic E-state index is 0.236. The third-order valence-electron chi connectivity index (χ3n) is 5.30. The number of carboxylic acids is 1. The Labute approximate surface area is 175 Å². The number of rotatable bonds is 8. The summed E-state index contributed by atoms with van der Waals surface area (Å²) >= 11 is 0. The molecule has 0 aliphatic heterocycles. The Balaban J connectivity index is 1.93. The summed E-state index contributed by atoms with van der Waals surface area (Å²) in [6, 6.07) is 14.2. The smallest absolute Gasteiger partial charge is 0.336 e. The van der Waals surface area contributed by atoms with Crippen LogP contribution in [0.1, 0.15) is 48.8 Å². The van der Waals surface area contributed by atoms with Gasteiger partial charge in [-0.2, -0.15) is 4.39 Å². The third-order valence-corrected chi connectivity index (χ3v) is 5.30. The molecule has 0 aliphatic rings. The first kappa shape index (κ1) is 21.6. The molecule has 0 radical (unpaired) electrons. The van der Waals surface area contributed by atoms with Crippen molar-refractivity contribution in [2.45, 2.75) is 46.7 Å². The second-order valence-corrected chi connectivity index (χ2v) is 7.83. The summed E-state index contributed by atoms with van der Waals surface area (Å²) in [4.78, 5) is 24.2. The zero-order valence-corrected chi connectivity index (χ0v) is 17.6. The molecular weight excluding hydrogens is 383 g/mol. The normalized spacial score (nSPS) is 11.2. The van der Waals surface area contributed by atoms with Crippen molar-refractivity contribution in [2.24, 2.45) is 5.92 Å². The fraction of sp³-hybridized carbons (Fsp3) is 0.333. The SMILES string of the molecule is CCn1c(F)c(CCC(C)C)n(Cc2ccc(-c3ccccc3C(=O)O)cc2)c1=O. The molecule has 0 bridgehead atoms. The van der Waals surface area contributed by atoms with Crippen LogP contribution in [0.5, 0.6) is 0 Å². The van der Waals surface area contributed by atoms with Crippen molar-refractivity contribution >= 4 is 5.97 Å². The van der Waals surface area contributed by atoms with Gasteiger partial charge in [0, 0.05) is 6.54 Å². The van der Waals surface area contributed by atoms with Crippen LogP contribution in [-0.2, 0) is 19.5 Å². The number of hydrogen-bond donors (Lipinski definition) is 1. The van der Waals surface area contributed by atoms with Crippen LogP contribution in [-0.4, -0.2) is 20.2 Å². The van der Waals surface area contributed by atoms with Gasteiger partial charge in [0.05, 0.1) is 17.8 Å². The summed E-state index contributed by atoms with van der Waals surface area (Å²) in [7, 11) is 0. The van der Waals surface area contributed by atoms with Crippen molar-refractivity contribution < 1.29 is 14.3 Å². The van der Waals surface area contributed by atoms with Gasteiger partial charge in [-0.3, -0.25) is 9.13 Å². The largest absolute Gasteiger partial charge is 0.478 e. The van der Waals surface area contributed by atoms with Crippen LogP contribution in [0, 0.1) is 11.9 Å². The van der Waals surface area contributed by atoms with Crippen molar-refractivity contribution in [3.8, 4) is 11.1 Å². The van der Waals surface area contributed by atoms with E-state index in [0.29, 0.717) is 23.6 Å². The van der Waals surface area contributed by atoms with Crippen molar-refractivity contribution in [1.29, 1.82) is 0 Å². The van der Waals surface area contributed by atoms with Crippen LogP contribution in [0.3, 0.4) is 0 Å². The number of halogens is 1. The van der Waals surface area contributed by atoms with E-state index in [0.717, 1.165) is 17.5 Å². The molecule has 0 saturated heterocycles. The summed E-state index contributed by atoms with van der Waals surface area (Å²) in [5.74, 6) is -1.02. The minimum atomic E-state index is -0.979. The van der Waals surface area contributed by atoms with E-state index in [1.54, 1.807) is 31.2 Å². The molecule has 158 valence electrons. The molecule has 0 spiro atoms. The Kier molecular flexibility index (Phi) is 6.55. The maximum Gasteiger partial charge on any atom is 0.336 e. The number of imidazole rings is 1.